The van der Waals surface area contributed by atoms with Crippen LogP contribution in [0.15, 0.2) is 0 Å². The molecule has 3 N–H and O–H groups in total. The van der Waals surface area contributed by atoms with Crippen LogP contribution in [0.25, 0.3) is 0 Å². The lowest BCUT2D eigenvalue weighted by atomic mass is 9.86. The van der Waals surface area contributed by atoms with E-state index in [1.807, 2.05) is 11.8 Å². The lowest BCUT2D eigenvalue weighted by Gasteiger charge is -2.40. The molecule has 2 heterocycles. The number of likely N-dealkylation sites (tertiary alicyclic amines) is 1. The predicted octanol–water partition coefficient (Wildman–Crippen LogP) is 2.06. The molecule has 106 valence electrons. The molecule has 0 saturated carbocycles. The van der Waals surface area contributed by atoms with Crippen LogP contribution in [0.2, 0.25) is 0 Å². The van der Waals surface area contributed by atoms with Crippen molar-refractivity contribution >= 4 is 11.6 Å². The molecule has 1 aromatic rings. The molecule has 1 aliphatic heterocycles. The van der Waals surface area contributed by atoms with Crippen molar-refractivity contribution in [1.29, 1.82) is 0 Å². The van der Waals surface area contributed by atoms with Gasteiger partial charge in [-0.25, -0.2) is 0 Å². The van der Waals surface area contributed by atoms with Crippen molar-refractivity contribution in [2.24, 2.45) is 11.8 Å². The van der Waals surface area contributed by atoms with Crippen LogP contribution in [-0.2, 0) is 6.42 Å². The number of carbonyl (C=O) groups is 1. The Morgan fingerprint density at radius 3 is 2.74 bits per heavy atom. The highest BCUT2D eigenvalue weighted by atomic mass is 16.2. The Kier molecular flexibility index (Phi) is 3.83. The minimum absolute atomic E-state index is 0.0423. The van der Waals surface area contributed by atoms with Crippen molar-refractivity contribution in [3.05, 3.63) is 11.4 Å². The van der Waals surface area contributed by atoms with Crippen molar-refractivity contribution in [3.63, 3.8) is 0 Å². The van der Waals surface area contributed by atoms with Gasteiger partial charge in [-0.1, -0.05) is 20.8 Å². The van der Waals surface area contributed by atoms with E-state index >= 15 is 0 Å². The largest absolute Gasteiger partial charge is 0.395 e. The summed E-state index contributed by atoms with van der Waals surface area (Å²) in [5, 5.41) is 6.96. The van der Waals surface area contributed by atoms with Gasteiger partial charge < -0.3 is 10.6 Å². The maximum Gasteiger partial charge on any atom is 0.276 e. The van der Waals surface area contributed by atoms with Gasteiger partial charge >= 0.3 is 0 Å². The molecule has 3 unspecified atom stereocenters. The second-order valence-electron chi connectivity index (χ2n) is 5.83. The number of aromatic nitrogens is 2. The fourth-order valence-electron chi connectivity index (χ4n) is 2.94. The lowest BCUT2D eigenvalue weighted by Crippen LogP contribution is -2.49. The molecule has 0 aromatic carbocycles. The van der Waals surface area contributed by atoms with Gasteiger partial charge in [0.15, 0.2) is 5.69 Å². The van der Waals surface area contributed by atoms with Gasteiger partial charge in [0.1, 0.15) is 0 Å². The van der Waals surface area contributed by atoms with Crippen LogP contribution in [0.1, 0.15) is 50.3 Å². The third kappa shape index (κ3) is 2.46. The smallest absolute Gasteiger partial charge is 0.276 e. The summed E-state index contributed by atoms with van der Waals surface area (Å²) in [5.74, 6) is 0.999. The van der Waals surface area contributed by atoms with E-state index in [0.29, 0.717) is 23.2 Å². The van der Waals surface area contributed by atoms with Crippen LogP contribution in [0.5, 0.6) is 0 Å². The summed E-state index contributed by atoms with van der Waals surface area (Å²) in [5.41, 5.74) is 7.72. The maximum atomic E-state index is 12.6. The number of H-pyrrole nitrogens is 1. The molecular weight excluding hydrogens is 240 g/mol. The Morgan fingerprint density at radius 2 is 2.16 bits per heavy atom. The number of aromatic amines is 1. The molecule has 5 heteroatoms. The van der Waals surface area contributed by atoms with Crippen LogP contribution in [0, 0.1) is 11.8 Å². The molecule has 1 aromatic heterocycles. The molecule has 0 aliphatic carbocycles. The number of piperidine rings is 1. The Hall–Kier alpha value is -1.52. The first-order valence-electron chi connectivity index (χ1n) is 7.09. The number of amides is 1. The molecule has 1 saturated heterocycles. The lowest BCUT2D eigenvalue weighted by molar-refractivity contribution is 0.0451. The average molecular weight is 264 g/mol. The molecule has 0 radical (unpaired) electrons. The molecule has 1 fully saturated rings. The van der Waals surface area contributed by atoms with Crippen molar-refractivity contribution in [1.82, 2.24) is 15.1 Å². The summed E-state index contributed by atoms with van der Waals surface area (Å²) in [6.45, 7) is 9.28. The number of anilines is 1. The van der Waals surface area contributed by atoms with Crippen LogP contribution < -0.4 is 5.73 Å². The zero-order valence-electron chi connectivity index (χ0n) is 12.2. The summed E-state index contributed by atoms with van der Waals surface area (Å²) < 4.78 is 0. The van der Waals surface area contributed by atoms with Crippen molar-refractivity contribution in [2.75, 3.05) is 12.3 Å². The Balaban J connectivity index is 2.25. The first kappa shape index (κ1) is 13.9. The summed E-state index contributed by atoms with van der Waals surface area (Å²) in [7, 11) is 0. The number of hydrogen-bond donors (Lipinski definition) is 2. The molecule has 1 amide bonds. The van der Waals surface area contributed by atoms with E-state index in [0.717, 1.165) is 18.7 Å². The van der Waals surface area contributed by atoms with Gasteiger partial charge in [0.25, 0.3) is 5.91 Å². The second kappa shape index (κ2) is 5.23. The first-order chi connectivity index (χ1) is 8.95. The topological polar surface area (TPSA) is 75.0 Å². The number of nitrogen functional groups attached to an aromatic ring is 1. The molecule has 1 aliphatic rings. The molecule has 5 nitrogen and oxygen atoms in total. The number of rotatable bonds is 2. The van der Waals surface area contributed by atoms with Crippen LogP contribution in [-0.4, -0.2) is 33.6 Å². The Bertz CT molecular complexity index is 468. The van der Waals surface area contributed by atoms with Crippen LogP contribution in [0.3, 0.4) is 0 Å². The van der Waals surface area contributed by atoms with E-state index in [1.165, 1.54) is 6.42 Å². The highest BCUT2D eigenvalue weighted by Crippen LogP contribution is 2.29. The summed E-state index contributed by atoms with van der Waals surface area (Å²) in [6.07, 6.45) is 1.93. The van der Waals surface area contributed by atoms with Crippen molar-refractivity contribution < 1.29 is 4.79 Å². The van der Waals surface area contributed by atoms with E-state index < -0.39 is 0 Å². The second-order valence-corrected chi connectivity index (χ2v) is 5.83. The van der Waals surface area contributed by atoms with E-state index in [2.05, 4.69) is 31.0 Å². The number of hydrogen-bond acceptors (Lipinski definition) is 3. The van der Waals surface area contributed by atoms with Crippen LogP contribution >= 0.6 is 0 Å². The molecule has 2 rings (SSSR count). The van der Waals surface area contributed by atoms with Gasteiger partial charge in [-0.2, -0.15) is 5.10 Å². The summed E-state index contributed by atoms with van der Waals surface area (Å²) in [6, 6.07) is 0.241. The van der Waals surface area contributed by atoms with Gasteiger partial charge in [-0.3, -0.25) is 9.89 Å². The van der Waals surface area contributed by atoms with Crippen LogP contribution in [0.4, 0.5) is 5.69 Å². The predicted molar refractivity (Wildman–Crippen MR) is 75.8 cm³/mol. The van der Waals surface area contributed by atoms with E-state index in [4.69, 9.17) is 5.73 Å². The molecule has 0 spiro atoms. The zero-order valence-corrected chi connectivity index (χ0v) is 12.2. The minimum Gasteiger partial charge on any atom is -0.395 e. The molecular formula is C14H24N4O. The maximum absolute atomic E-state index is 12.6. The van der Waals surface area contributed by atoms with E-state index in [9.17, 15) is 4.79 Å². The van der Waals surface area contributed by atoms with Gasteiger partial charge in [0.05, 0.1) is 11.4 Å². The third-order valence-corrected chi connectivity index (χ3v) is 4.30. The van der Waals surface area contributed by atoms with Gasteiger partial charge in [0, 0.05) is 12.6 Å². The fraction of sp³-hybridized carbons (Fsp3) is 0.714. The average Bonchev–Trinajstić information content (AvgIpc) is 2.74. The fourth-order valence-corrected chi connectivity index (χ4v) is 2.94. The monoisotopic (exact) mass is 264 g/mol. The number of nitrogens with one attached hydrogen (secondary N) is 1. The van der Waals surface area contributed by atoms with E-state index in [-0.39, 0.29) is 11.9 Å². The number of aryl methyl sites for hydroxylation is 1. The Morgan fingerprint density at radius 1 is 1.47 bits per heavy atom. The van der Waals surface area contributed by atoms with Crippen molar-refractivity contribution in [2.45, 2.75) is 46.6 Å². The summed E-state index contributed by atoms with van der Waals surface area (Å²) >= 11 is 0. The standard InChI is InChI=1S/C14H24N4O/c1-5-11-12(15)13(17-16-11)14(19)18-7-8(2)6-9(3)10(18)4/h8-10H,5-7,15H2,1-4H3,(H,16,17). The molecule has 3 atom stereocenters. The van der Waals surface area contributed by atoms with Gasteiger partial charge in [0.2, 0.25) is 0 Å². The number of carbonyl (C=O) groups excluding carboxylic acids is 1. The number of nitrogens with zero attached hydrogens (tertiary/aromatic N) is 2. The first-order valence-corrected chi connectivity index (χ1v) is 7.09. The highest BCUT2D eigenvalue weighted by molar-refractivity contribution is 5.97. The normalized spacial score (nSPS) is 27.6. The Labute approximate surface area is 114 Å². The SMILES string of the molecule is CCc1[nH]nc(C(=O)N2CC(C)CC(C)C2C)c1N. The zero-order chi connectivity index (χ0) is 14.2. The molecule has 19 heavy (non-hydrogen) atoms. The highest BCUT2D eigenvalue weighted by Gasteiger charge is 2.34. The van der Waals surface area contributed by atoms with Crippen molar-refractivity contribution in [3.8, 4) is 0 Å². The van der Waals surface area contributed by atoms with Gasteiger partial charge in [-0.05, 0) is 31.6 Å². The number of nitrogens with two attached hydrogens (primary N) is 1. The van der Waals surface area contributed by atoms with E-state index in [1.54, 1.807) is 0 Å². The van der Waals surface area contributed by atoms with Gasteiger partial charge in [-0.15, -0.1) is 0 Å². The minimum atomic E-state index is -0.0423. The molecule has 0 bridgehead atoms. The summed E-state index contributed by atoms with van der Waals surface area (Å²) in [4.78, 5) is 14.5. The quantitative estimate of drug-likeness (QED) is 0.858. The third-order valence-electron chi connectivity index (χ3n) is 4.30.